The van der Waals surface area contributed by atoms with E-state index in [0.29, 0.717) is 5.69 Å². The van der Waals surface area contributed by atoms with Crippen LogP contribution in [0.25, 0.3) is 0 Å². The van der Waals surface area contributed by atoms with Crippen molar-refractivity contribution in [3.63, 3.8) is 0 Å². The molecule has 0 bridgehead atoms. The van der Waals surface area contributed by atoms with E-state index in [-0.39, 0.29) is 6.61 Å². The minimum atomic E-state index is -0.0267. The first kappa shape index (κ1) is 9.13. The molecule has 1 rings (SSSR count). The largest absolute Gasteiger partial charge is 0.390 e. The van der Waals surface area contributed by atoms with E-state index in [1.54, 1.807) is 12.4 Å². The lowest BCUT2D eigenvalue weighted by Gasteiger charge is -1.98. The summed E-state index contributed by atoms with van der Waals surface area (Å²) in [5.74, 6) is 0. The fourth-order valence-electron chi connectivity index (χ4n) is 0.950. The number of aromatic nitrogens is 2. The molecule has 0 spiro atoms. The lowest BCUT2D eigenvalue weighted by molar-refractivity contribution is 0.276. The normalized spacial score (nSPS) is 10.2. The van der Waals surface area contributed by atoms with Crippen molar-refractivity contribution in [2.45, 2.75) is 32.8 Å². The Bertz CT molecular complexity index is 220. The second-order valence-electron chi connectivity index (χ2n) is 2.76. The van der Waals surface area contributed by atoms with Crippen LogP contribution in [0.2, 0.25) is 0 Å². The zero-order valence-corrected chi connectivity index (χ0v) is 7.32. The van der Waals surface area contributed by atoms with Crippen molar-refractivity contribution in [1.82, 2.24) is 9.97 Å². The van der Waals surface area contributed by atoms with Crippen LogP contribution in [-0.2, 0) is 13.0 Å². The Balaban J connectivity index is 2.53. The molecule has 3 nitrogen and oxygen atoms in total. The summed E-state index contributed by atoms with van der Waals surface area (Å²) in [7, 11) is 0. The van der Waals surface area contributed by atoms with Crippen molar-refractivity contribution < 1.29 is 5.11 Å². The third kappa shape index (κ3) is 2.58. The standard InChI is InChI=1S/C9H14N2O/c1-2-3-4-8-5-11-9(7-12)6-10-8/h5-6,12H,2-4,7H2,1H3. The highest BCUT2D eigenvalue weighted by Gasteiger charge is 1.95. The molecule has 1 N–H and O–H groups in total. The Morgan fingerprint density at radius 1 is 1.25 bits per heavy atom. The first-order valence-electron chi connectivity index (χ1n) is 4.27. The smallest absolute Gasteiger partial charge is 0.0868 e. The van der Waals surface area contributed by atoms with Gasteiger partial charge in [0, 0.05) is 6.20 Å². The van der Waals surface area contributed by atoms with Crippen LogP contribution in [0.5, 0.6) is 0 Å². The van der Waals surface area contributed by atoms with Crippen LogP contribution in [0.3, 0.4) is 0 Å². The van der Waals surface area contributed by atoms with Crippen molar-refractivity contribution in [3.05, 3.63) is 23.8 Å². The first-order chi connectivity index (χ1) is 5.86. The molecular weight excluding hydrogens is 152 g/mol. The summed E-state index contributed by atoms with van der Waals surface area (Å²) in [6.45, 7) is 2.12. The van der Waals surface area contributed by atoms with Crippen molar-refractivity contribution >= 4 is 0 Å². The summed E-state index contributed by atoms with van der Waals surface area (Å²) in [6, 6.07) is 0. The molecule has 0 radical (unpaired) electrons. The molecule has 66 valence electrons. The Hall–Kier alpha value is -0.960. The highest BCUT2D eigenvalue weighted by atomic mass is 16.3. The minimum absolute atomic E-state index is 0.0267. The van der Waals surface area contributed by atoms with Gasteiger partial charge in [-0.05, 0) is 12.8 Å². The van der Waals surface area contributed by atoms with Crippen LogP contribution in [0.4, 0.5) is 0 Å². The fraction of sp³-hybridized carbons (Fsp3) is 0.556. The molecular formula is C9H14N2O. The molecule has 0 aliphatic rings. The van der Waals surface area contributed by atoms with E-state index >= 15 is 0 Å². The number of hydrogen-bond acceptors (Lipinski definition) is 3. The average molecular weight is 166 g/mol. The van der Waals surface area contributed by atoms with E-state index in [2.05, 4.69) is 16.9 Å². The third-order valence-corrected chi connectivity index (χ3v) is 1.71. The quantitative estimate of drug-likeness (QED) is 0.733. The Labute approximate surface area is 72.5 Å². The first-order valence-corrected chi connectivity index (χ1v) is 4.27. The minimum Gasteiger partial charge on any atom is -0.390 e. The number of aliphatic hydroxyl groups is 1. The number of nitrogens with zero attached hydrogens (tertiary/aromatic N) is 2. The van der Waals surface area contributed by atoms with Gasteiger partial charge in [0.05, 0.1) is 24.2 Å². The van der Waals surface area contributed by atoms with Crippen LogP contribution in [0.15, 0.2) is 12.4 Å². The highest BCUT2D eigenvalue weighted by Crippen LogP contribution is 2.00. The highest BCUT2D eigenvalue weighted by molar-refractivity contribution is 5.01. The van der Waals surface area contributed by atoms with Crippen molar-refractivity contribution in [2.24, 2.45) is 0 Å². The van der Waals surface area contributed by atoms with Crippen molar-refractivity contribution in [3.8, 4) is 0 Å². The van der Waals surface area contributed by atoms with Crippen LogP contribution in [0, 0.1) is 0 Å². The maximum absolute atomic E-state index is 8.70. The van der Waals surface area contributed by atoms with Crippen LogP contribution < -0.4 is 0 Å². The summed E-state index contributed by atoms with van der Waals surface area (Å²) in [4.78, 5) is 8.20. The molecule has 0 aromatic carbocycles. The van der Waals surface area contributed by atoms with Crippen LogP contribution >= 0.6 is 0 Å². The number of unbranched alkanes of at least 4 members (excludes halogenated alkanes) is 1. The molecule has 0 unspecified atom stereocenters. The molecule has 0 saturated carbocycles. The number of hydrogen-bond donors (Lipinski definition) is 1. The monoisotopic (exact) mass is 166 g/mol. The lowest BCUT2D eigenvalue weighted by Crippen LogP contribution is -1.95. The molecule has 12 heavy (non-hydrogen) atoms. The van der Waals surface area contributed by atoms with Gasteiger partial charge in [-0.2, -0.15) is 0 Å². The molecule has 0 fully saturated rings. The van der Waals surface area contributed by atoms with Gasteiger partial charge in [0.1, 0.15) is 0 Å². The second-order valence-corrected chi connectivity index (χ2v) is 2.76. The van der Waals surface area contributed by atoms with Gasteiger partial charge in [-0.15, -0.1) is 0 Å². The van der Waals surface area contributed by atoms with Gasteiger partial charge in [-0.1, -0.05) is 13.3 Å². The van der Waals surface area contributed by atoms with E-state index in [1.165, 1.54) is 6.42 Å². The van der Waals surface area contributed by atoms with Gasteiger partial charge in [-0.3, -0.25) is 9.97 Å². The van der Waals surface area contributed by atoms with E-state index in [4.69, 9.17) is 5.11 Å². The second kappa shape index (κ2) is 4.83. The summed E-state index contributed by atoms with van der Waals surface area (Å²) in [5.41, 5.74) is 1.64. The van der Waals surface area contributed by atoms with Crippen LogP contribution in [-0.4, -0.2) is 15.1 Å². The van der Waals surface area contributed by atoms with E-state index in [9.17, 15) is 0 Å². The molecule has 1 aromatic rings. The van der Waals surface area contributed by atoms with E-state index < -0.39 is 0 Å². The molecule has 0 aliphatic heterocycles. The van der Waals surface area contributed by atoms with Gasteiger partial charge >= 0.3 is 0 Å². The third-order valence-electron chi connectivity index (χ3n) is 1.71. The van der Waals surface area contributed by atoms with Gasteiger partial charge < -0.3 is 5.11 Å². The zero-order valence-electron chi connectivity index (χ0n) is 7.32. The molecule has 0 saturated heterocycles. The van der Waals surface area contributed by atoms with Gasteiger partial charge in [-0.25, -0.2) is 0 Å². The molecule has 1 heterocycles. The molecule has 0 amide bonds. The lowest BCUT2D eigenvalue weighted by atomic mass is 10.2. The van der Waals surface area contributed by atoms with Crippen LogP contribution in [0.1, 0.15) is 31.2 Å². The Morgan fingerprint density at radius 2 is 1.92 bits per heavy atom. The fourth-order valence-corrected chi connectivity index (χ4v) is 0.950. The topological polar surface area (TPSA) is 46.0 Å². The Kier molecular flexibility index (Phi) is 3.67. The summed E-state index contributed by atoms with van der Waals surface area (Å²) in [5, 5.41) is 8.70. The summed E-state index contributed by atoms with van der Waals surface area (Å²) >= 11 is 0. The SMILES string of the molecule is CCCCc1cnc(CO)cn1. The Morgan fingerprint density at radius 3 is 2.42 bits per heavy atom. The molecule has 0 atom stereocenters. The zero-order chi connectivity index (χ0) is 8.81. The van der Waals surface area contributed by atoms with Crippen molar-refractivity contribution in [2.75, 3.05) is 0 Å². The molecule has 0 aliphatic carbocycles. The molecule has 1 aromatic heterocycles. The average Bonchev–Trinajstić information content (AvgIpc) is 2.15. The maximum atomic E-state index is 8.70. The number of rotatable bonds is 4. The molecule has 3 heteroatoms. The number of aliphatic hydroxyl groups excluding tert-OH is 1. The predicted molar refractivity (Wildman–Crippen MR) is 46.6 cm³/mol. The van der Waals surface area contributed by atoms with Gasteiger partial charge in [0.25, 0.3) is 0 Å². The maximum Gasteiger partial charge on any atom is 0.0868 e. The van der Waals surface area contributed by atoms with E-state index in [0.717, 1.165) is 18.5 Å². The number of aryl methyl sites for hydroxylation is 1. The van der Waals surface area contributed by atoms with Gasteiger partial charge in [0.15, 0.2) is 0 Å². The predicted octanol–water partition coefficient (Wildman–Crippen LogP) is 1.31. The summed E-state index contributed by atoms with van der Waals surface area (Å²) < 4.78 is 0. The summed E-state index contributed by atoms with van der Waals surface area (Å²) in [6.07, 6.45) is 6.66. The van der Waals surface area contributed by atoms with Gasteiger partial charge in [0.2, 0.25) is 0 Å². The van der Waals surface area contributed by atoms with E-state index in [1.807, 2.05) is 0 Å². The van der Waals surface area contributed by atoms with Crippen molar-refractivity contribution in [1.29, 1.82) is 0 Å².